The van der Waals surface area contributed by atoms with Crippen LogP contribution in [-0.4, -0.2) is 47.7 Å². The number of esters is 1. The maximum Gasteiger partial charge on any atom is 0.430 e. The molecule has 33 heavy (non-hydrogen) atoms. The Morgan fingerprint density at radius 3 is 2.15 bits per heavy atom. The average Bonchev–Trinajstić information content (AvgIpc) is 2.66. The molecule has 0 bridgehead atoms. The second-order valence-corrected chi connectivity index (χ2v) is 8.23. The summed E-state index contributed by atoms with van der Waals surface area (Å²) in [6.07, 6.45) is -8.69. The first-order valence-corrected chi connectivity index (χ1v) is 9.52. The van der Waals surface area contributed by atoms with Gasteiger partial charge >= 0.3 is 12.1 Å². The van der Waals surface area contributed by atoms with E-state index in [-0.39, 0.29) is 16.3 Å². The standard InChI is InChI=1S/C18H18ClF3N2O9/c1-17(2,3)12-6-14-9(5-13(12)19)4-11(15(33-14)18(20,21)22)16(25)32-10(7-30-23(26)27)8-31-24(28)29/h4-6,10,15H,7-8H2,1-3H3/t15-/m0/s1. The summed E-state index contributed by atoms with van der Waals surface area (Å²) in [5, 5.41) is 18.4. The van der Waals surface area contributed by atoms with E-state index in [0.29, 0.717) is 5.56 Å². The number of carbonyl (C=O) groups is 1. The van der Waals surface area contributed by atoms with Crippen molar-refractivity contribution in [2.45, 2.75) is 44.6 Å². The lowest BCUT2D eigenvalue weighted by Gasteiger charge is -2.30. The Kier molecular flexibility index (Phi) is 7.62. The van der Waals surface area contributed by atoms with E-state index in [1.807, 2.05) is 0 Å². The number of rotatable bonds is 8. The quantitative estimate of drug-likeness (QED) is 0.298. The first kappa shape index (κ1) is 26.0. The van der Waals surface area contributed by atoms with Gasteiger partial charge in [-0.3, -0.25) is 0 Å². The molecule has 1 heterocycles. The van der Waals surface area contributed by atoms with E-state index in [1.165, 1.54) is 12.1 Å². The molecule has 1 aromatic rings. The summed E-state index contributed by atoms with van der Waals surface area (Å²) in [4.78, 5) is 41.2. The van der Waals surface area contributed by atoms with E-state index < -0.39 is 58.7 Å². The lowest BCUT2D eigenvalue weighted by atomic mass is 9.85. The van der Waals surface area contributed by atoms with Gasteiger partial charge in [-0.15, -0.1) is 20.2 Å². The van der Waals surface area contributed by atoms with E-state index in [2.05, 4.69) is 9.68 Å². The Bertz CT molecular complexity index is 958. The third-order valence-corrected chi connectivity index (χ3v) is 4.60. The van der Waals surface area contributed by atoms with Crippen molar-refractivity contribution in [3.63, 3.8) is 0 Å². The van der Waals surface area contributed by atoms with E-state index >= 15 is 0 Å². The summed E-state index contributed by atoms with van der Waals surface area (Å²) in [7, 11) is 0. The third-order valence-electron chi connectivity index (χ3n) is 4.28. The van der Waals surface area contributed by atoms with E-state index in [1.54, 1.807) is 20.8 Å². The minimum absolute atomic E-state index is 0.0556. The predicted molar refractivity (Wildman–Crippen MR) is 104 cm³/mol. The first-order chi connectivity index (χ1) is 15.1. The Balaban J connectivity index is 2.41. The fourth-order valence-corrected chi connectivity index (χ4v) is 3.28. The van der Waals surface area contributed by atoms with Crippen LogP contribution in [0.2, 0.25) is 5.02 Å². The third kappa shape index (κ3) is 6.84. The van der Waals surface area contributed by atoms with Gasteiger partial charge in [-0.05, 0) is 29.2 Å². The van der Waals surface area contributed by atoms with Gasteiger partial charge in [0.05, 0.1) is 5.57 Å². The van der Waals surface area contributed by atoms with Crippen molar-refractivity contribution in [3.8, 4) is 5.75 Å². The van der Waals surface area contributed by atoms with Crippen LogP contribution in [0.5, 0.6) is 5.75 Å². The highest BCUT2D eigenvalue weighted by Crippen LogP contribution is 2.42. The summed E-state index contributed by atoms with van der Waals surface area (Å²) in [6.45, 7) is 3.35. The lowest BCUT2D eigenvalue weighted by molar-refractivity contribution is -0.768. The van der Waals surface area contributed by atoms with Crippen LogP contribution >= 0.6 is 11.6 Å². The van der Waals surface area contributed by atoms with Gasteiger partial charge in [-0.1, -0.05) is 32.4 Å². The number of carbonyl (C=O) groups excluding carboxylic acids is 1. The zero-order chi connectivity index (χ0) is 25.1. The Labute approximate surface area is 189 Å². The molecule has 0 radical (unpaired) electrons. The molecule has 0 N–H and O–H groups in total. The molecule has 1 aliphatic heterocycles. The molecule has 0 saturated heterocycles. The van der Waals surface area contributed by atoms with Crippen molar-refractivity contribution in [1.82, 2.24) is 0 Å². The van der Waals surface area contributed by atoms with Gasteiger partial charge in [-0.2, -0.15) is 13.2 Å². The van der Waals surface area contributed by atoms with Crippen LogP contribution in [0.1, 0.15) is 31.9 Å². The zero-order valence-electron chi connectivity index (χ0n) is 17.4. The normalized spacial score (nSPS) is 15.8. The number of alkyl halides is 3. The van der Waals surface area contributed by atoms with Crippen molar-refractivity contribution < 1.29 is 47.3 Å². The van der Waals surface area contributed by atoms with Gasteiger partial charge in [-0.25, -0.2) is 4.79 Å². The van der Waals surface area contributed by atoms with Crippen molar-refractivity contribution in [2.75, 3.05) is 13.2 Å². The maximum atomic E-state index is 13.7. The van der Waals surface area contributed by atoms with E-state index in [0.717, 1.165) is 6.08 Å². The number of ether oxygens (including phenoxy) is 2. The molecule has 1 aromatic carbocycles. The molecule has 15 heteroatoms. The van der Waals surface area contributed by atoms with Crippen LogP contribution in [0.4, 0.5) is 13.2 Å². The van der Waals surface area contributed by atoms with Gasteiger partial charge in [0.25, 0.3) is 10.2 Å². The minimum atomic E-state index is -5.05. The zero-order valence-corrected chi connectivity index (χ0v) is 18.1. The number of halogens is 4. The van der Waals surface area contributed by atoms with Gasteiger partial charge in [0.15, 0.2) is 0 Å². The van der Waals surface area contributed by atoms with Crippen molar-refractivity contribution in [2.24, 2.45) is 0 Å². The van der Waals surface area contributed by atoms with Gasteiger partial charge < -0.3 is 19.1 Å². The second-order valence-electron chi connectivity index (χ2n) is 7.83. The molecule has 1 aliphatic rings. The van der Waals surface area contributed by atoms with Crippen LogP contribution in [0.3, 0.4) is 0 Å². The molecule has 0 unspecified atom stereocenters. The maximum absolute atomic E-state index is 13.7. The fraction of sp³-hybridized carbons (Fsp3) is 0.500. The van der Waals surface area contributed by atoms with Crippen molar-refractivity contribution in [3.05, 3.63) is 54.1 Å². The van der Waals surface area contributed by atoms with Crippen LogP contribution in [-0.2, 0) is 24.6 Å². The summed E-state index contributed by atoms with van der Waals surface area (Å²) in [6, 6.07) is 2.66. The molecule has 2 rings (SSSR count). The molecule has 0 spiro atoms. The topological polar surface area (TPSA) is 140 Å². The second kappa shape index (κ2) is 9.68. The average molecular weight is 499 g/mol. The highest BCUT2D eigenvalue weighted by Gasteiger charge is 2.49. The number of fused-ring (bicyclic) bond motifs is 1. The summed E-state index contributed by atoms with van der Waals surface area (Å²) in [5.41, 5.74) is -0.952. The molecular formula is C18H18ClF3N2O9. The largest absolute Gasteiger partial charge is 0.475 e. The molecule has 0 aromatic heterocycles. The van der Waals surface area contributed by atoms with E-state index in [9.17, 15) is 38.2 Å². The Morgan fingerprint density at radius 1 is 1.15 bits per heavy atom. The van der Waals surface area contributed by atoms with Crippen LogP contribution < -0.4 is 4.74 Å². The molecule has 0 saturated carbocycles. The highest BCUT2D eigenvalue weighted by molar-refractivity contribution is 6.31. The van der Waals surface area contributed by atoms with Gasteiger partial charge in [0, 0.05) is 10.6 Å². The lowest BCUT2D eigenvalue weighted by Crippen LogP contribution is -2.42. The highest BCUT2D eigenvalue weighted by atomic mass is 35.5. The number of nitrogens with zero attached hydrogens (tertiary/aromatic N) is 2. The van der Waals surface area contributed by atoms with Crippen molar-refractivity contribution >= 4 is 23.6 Å². The molecule has 11 nitrogen and oxygen atoms in total. The predicted octanol–water partition coefficient (Wildman–Crippen LogP) is 3.67. The molecule has 0 amide bonds. The van der Waals surface area contributed by atoms with Crippen LogP contribution in [0.25, 0.3) is 6.08 Å². The monoisotopic (exact) mass is 498 g/mol. The van der Waals surface area contributed by atoms with E-state index in [4.69, 9.17) is 21.1 Å². The summed E-state index contributed by atoms with van der Waals surface area (Å²) < 4.78 is 50.9. The SMILES string of the molecule is CC(C)(C)c1cc2c(cc1Cl)C=C(C(=O)OC(CO[N+](=O)[O-])CO[N+](=O)[O-])[C@@H](C(F)(F)F)O2. The van der Waals surface area contributed by atoms with Crippen LogP contribution in [0.15, 0.2) is 17.7 Å². The molecule has 182 valence electrons. The van der Waals surface area contributed by atoms with Gasteiger partial charge in [0.2, 0.25) is 6.10 Å². The van der Waals surface area contributed by atoms with Gasteiger partial charge in [0.1, 0.15) is 25.1 Å². The first-order valence-electron chi connectivity index (χ1n) is 9.14. The fourth-order valence-electron chi connectivity index (χ4n) is 2.82. The molecule has 0 aliphatic carbocycles. The summed E-state index contributed by atoms with van der Waals surface area (Å²) in [5.74, 6) is -1.77. The smallest absolute Gasteiger partial charge is 0.430 e. The molecule has 0 fully saturated rings. The minimum Gasteiger partial charge on any atom is -0.475 e. The number of hydrogen-bond acceptors (Lipinski definition) is 9. The Hall–Kier alpha value is -3.29. The van der Waals surface area contributed by atoms with Crippen LogP contribution in [0, 0.1) is 20.2 Å². The Morgan fingerprint density at radius 2 is 1.70 bits per heavy atom. The number of hydrogen-bond donors (Lipinski definition) is 0. The van der Waals surface area contributed by atoms with Crippen molar-refractivity contribution in [1.29, 1.82) is 0 Å². The summed E-state index contributed by atoms with van der Waals surface area (Å²) >= 11 is 6.24. The molecule has 1 atom stereocenters. The molecular weight excluding hydrogens is 481 g/mol. The number of benzene rings is 1.